The van der Waals surface area contributed by atoms with Crippen LogP contribution >= 0.6 is 0 Å². The van der Waals surface area contributed by atoms with Crippen LogP contribution in [0.3, 0.4) is 0 Å². The van der Waals surface area contributed by atoms with Crippen LogP contribution in [0.2, 0.25) is 0 Å². The van der Waals surface area contributed by atoms with Crippen molar-refractivity contribution in [2.45, 2.75) is 43.9 Å². The van der Waals surface area contributed by atoms with Crippen molar-refractivity contribution in [2.75, 3.05) is 33.9 Å². The lowest BCUT2D eigenvalue weighted by atomic mass is 9.96. The zero-order valence-electron chi connectivity index (χ0n) is 11.6. The molecule has 2 saturated heterocycles. The van der Waals surface area contributed by atoms with Crippen LogP contribution in [0.5, 0.6) is 0 Å². The summed E-state index contributed by atoms with van der Waals surface area (Å²) in [6.45, 7) is 4.41. The summed E-state index contributed by atoms with van der Waals surface area (Å²) in [5, 5.41) is 3.41. The molecule has 104 valence electrons. The van der Waals surface area contributed by atoms with Gasteiger partial charge < -0.3 is 14.4 Å². The van der Waals surface area contributed by atoms with Crippen molar-refractivity contribution in [3.8, 4) is 0 Å². The summed E-state index contributed by atoms with van der Waals surface area (Å²) in [5.74, 6) is -0.156. The Hall–Kier alpha value is -0.650. The molecule has 0 saturated carbocycles. The molecule has 3 unspecified atom stereocenters. The number of likely N-dealkylation sites (tertiary alicyclic amines) is 1. The molecule has 2 aliphatic heterocycles. The topological polar surface area (TPSA) is 50.8 Å². The molecule has 2 heterocycles. The summed E-state index contributed by atoms with van der Waals surface area (Å²) in [5.41, 5.74) is -0.561. The molecule has 1 N–H and O–H groups in total. The van der Waals surface area contributed by atoms with Crippen LogP contribution in [0, 0.1) is 0 Å². The molecule has 0 spiro atoms. The first kappa shape index (κ1) is 13.8. The summed E-state index contributed by atoms with van der Waals surface area (Å²) < 4.78 is 10.6. The van der Waals surface area contributed by atoms with E-state index in [4.69, 9.17) is 9.47 Å². The third-order valence-electron chi connectivity index (χ3n) is 4.18. The van der Waals surface area contributed by atoms with Gasteiger partial charge in [0, 0.05) is 25.7 Å². The molecule has 0 aromatic carbocycles. The van der Waals surface area contributed by atoms with Gasteiger partial charge in [0.1, 0.15) is 5.54 Å². The molecular formula is C13H24N2O3. The fourth-order valence-corrected chi connectivity index (χ4v) is 2.96. The third kappa shape index (κ3) is 2.68. The van der Waals surface area contributed by atoms with Crippen molar-refractivity contribution in [1.29, 1.82) is 0 Å². The molecule has 0 aromatic rings. The zero-order chi connectivity index (χ0) is 13.2. The molecule has 2 aliphatic rings. The molecule has 0 aliphatic carbocycles. The van der Waals surface area contributed by atoms with E-state index in [0.717, 1.165) is 32.4 Å². The molecule has 0 aromatic heterocycles. The second-order valence-electron chi connectivity index (χ2n) is 5.56. The van der Waals surface area contributed by atoms with Crippen LogP contribution in [0.4, 0.5) is 0 Å². The average molecular weight is 256 g/mol. The maximum absolute atomic E-state index is 12.1. The molecule has 18 heavy (non-hydrogen) atoms. The highest BCUT2D eigenvalue weighted by Crippen LogP contribution is 2.27. The third-order valence-corrected chi connectivity index (χ3v) is 4.18. The highest BCUT2D eigenvalue weighted by Gasteiger charge is 2.47. The fraction of sp³-hybridized carbons (Fsp3) is 0.923. The minimum Gasteiger partial charge on any atom is -0.468 e. The fourth-order valence-electron chi connectivity index (χ4n) is 2.96. The first-order chi connectivity index (χ1) is 8.57. The number of carbonyl (C=O) groups is 1. The number of nitrogens with one attached hydrogen (secondary N) is 1. The van der Waals surface area contributed by atoms with Crippen molar-refractivity contribution >= 4 is 5.97 Å². The highest BCUT2D eigenvalue weighted by molar-refractivity contribution is 5.81. The van der Waals surface area contributed by atoms with Gasteiger partial charge in [0.2, 0.25) is 0 Å². The van der Waals surface area contributed by atoms with Crippen molar-refractivity contribution in [1.82, 2.24) is 10.2 Å². The van der Waals surface area contributed by atoms with Crippen molar-refractivity contribution in [3.63, 3.8) is 0 Å². The van der Waals surface area contributed by atoms with E-state index in [9.17, 15) is 4.79 Å². The zero-order valence-corrected chi connectivity index (χ0v) is 11.6. The lowest BCUT2D eigenvalue weighted by molar-refractivity contribution is -0.148. The van der Waals surface area contributed by atoms with Crippen molar-refractivity contribution in [3.05, 3.63) is 0 Å². The van der Waals surface area contributed by atoms with Gasteiger partial charge in [-0.2, -0.15) is 0 Å². The van der Waals surface area contributed by atoms with Crippen LogP contribution in [-0.4, -0.2) is 62.4 Å². The Morgan fingerprint density at radius 3 is 2.89 bits per heavy atom. The molecule has 3 atom stereocenters. The number of esters is 1. The Labute approximate surface area is 109 Å². The van der Waals surface area contributed by atoms with Gasteiger partial charge in [-0.15, -0.1) is 0 Å². The Kier molecular flexibility index (Phi) is 4.25. The monoisotopic (exact) mass is 256 g/mol. The summed E-state index contributed by atoms with van der Waals surface area (Å²) in [6.07, 6.45) is 3.24. The van der Waals surface area contributed by atoms with Gasteiger partial charge in [0.15, 0.2) is 0 Å². The van der Waals surface area contributed by atoms with E-state index in [-0.39, 0.29) is 12.1 Å². The Bertz CT molecular complexity index is 293. The molecule has 0 bridgehead atoms. The second-order valence-corrected chi connectivity index (χ2v) is 5.56. The molecule has 5 heteroatoms. The van der Waals surface area contributed by atoms with E-state index in [1.54, 1.807) is 0 Å². The number of nitrogens with zero attached hydrogens (tertiary/aromatic N) is 1. The van der Waals surface area contributed by atoms with Crippen LogP contribution in [0.15, 0.2) is 0 Å². The number of methoxy groups -OCH3 is 1. The maximum Gasteiger partial charge on any atom is 0.327 e. The Balaban J connectivity index is 1.99. The average Bonchev–Trinajstić information content (AvgIpc) is 2.96. The number of rotatable bonds is 4. The summed E-state index contributed by atoms with van der Waals surface area (Å²) >= 11 is 0. The van der Waals surface area contributed by atoms with E-state index in [1.165, 1.54) is 7.11 Å². The maximum atomic E-state index is 12.1. The van der Waals surface area contributed by atoms with E-state index in [0.29, 0.717) is 12.6 Å². The summed E-state index contributed by atoms with van der Waals surface area (Å²) in [7, 11) is 3.50. The molecular weight excluding hydrogens is 232 g/mol. The SMILES string of the molecule is COC(=O)C1(NCC2CCCO2)CC(C)N(C)C1. The van der Waals surface area contributed by atoms with Gasteiger partial charge in [0.05, 0.1) is 13.2 Å². The van der Waals surface area contributed by atoms with Crippen molar-refractivity contribution < 1.29 is 14.3 Å². The van der Waals surface area contributed by atoms with Crippen LogP contribution < -0.4 is 5.32 Å². The smallest absolute Gasteiger partial charge is 0.327 e. The predicted molar refractivity (Wildman–Crippen MR) is 68.4 cm³/mol. The van der Waals surface area contributed by atoms with Crippen LogP contribution in [0.25, 0.3) is 0 Å². The van der Waals surface area contributed by atoms with Gasteiger partial charge in [-0.25, -0.2) is 0 Å². The Morgan fingerprint density at radius 2 is 2.39 bits per heavy atom. The van der Waals surface area contributed by atoms with Gasteiger partial charge in [-0.1, -0.05) is 0 Å². The number of likely N-dealkylation sites (N-methyl/N-ethyl adjacent to an activating group) is 1. The van der Waals surface area contributed by atoms with E-state index in [2.05, 4.69) is 17.1 Å². The minimum atomic E-state index is -0.561. The van der Waals surface area contributed by atoms with Gasteiger partial charge in [-0.05, 0) is 33.2 Å². The lowest BCUT2D eigenvalue weighted by Crippen LogP contribution is -2.56. The molecule has 0 amide bonds. The minimum absolute atomic E-state index is 0.156. The number of hydrogen-bond donors (Lipinski definition) is 1. The first-order valence-corrected chi connectivity index (χ1v) is 6.73. The predicted octanol–water partition coefficient (Wildman–Crippen LogP) is 0.391. The van der Waals surface area contributed by atoms with Crippen molar-refractivity contribution in [2.24, 2.45) is 0 Å². The molecule has 5 nitrogen and oxygen atoms in total. The standard InChI is InChI=1S/C13H24N2O3/c1-10-7-13(9-15(10)2,12(16)17-3)14-8-11-5-4-6-18-11/h10-11,14H,4-9H2,1-3H3. The van der Waals surface area contributed by atoms with Gasteiger partial charge >= 0.3 is 5.97 Å². The highest BCUT2D eigenvalue weighted by atomic mass is 16.5. The van der Waals surface area contributed by atoms with Crippen LogP contribution in [0.1, 0.15) is 26.2 Å². The van der Waals surface area contributed by atoms with E-state index < -0.39 is 5.54 Å². The normalized spacial score (nSPS) is 37.1. The van der Waals surface area contributed by atoms with E-state index >= 15 is 0 Å². The van der Waals surface area contributed by atoms with E-state index in [1.807, 2.05) is 7.05 Å². The summed E-state index contributed by atoms with van der Waals surface area (Å²) in [4.78, 5) is 14.3. The quantitative estimate of drug-likeness (QED) is 0.738. The molecule has 2 rings (SSSR count). The number of ether oxygens (including phenoxy) is 2. The second kappa shape index (κ2) is 5.55. The van der Waals surface area contributed by atoms with Crippen LogP contribution in [-0.2, 0) is 14.3 Å². The lowest BCUT2D eigenvalue weighted by Gasteiger charge is -2.28. The first-order valence-electron chi connectivity index (χ1n) is 6.73. The summed E-state index contributed by atoms with van der Waals surface area (Å²) in [6, 6.07) is 0.390. The molecule has 0 radical (unpaired) electrons. The van der Waals surface area contributed by atoms with Gasteiger partial charge in [0.25, 0.3) is 0 Å². The largest absolute Gasteiger partial charge is 0.468 e. The van der Waals surface area contributed by atoms with Gasteiger partial charge in [-0.3, -0.25) is 10.1 Å². The number of carbonyl (C=O) groups excluding carboxylic acids is 1. The Morgan fingerprint density at radius 1 is 1.61 bits per heavy atom. The molecule has 2 fully saturated rings. The number of hydrogen-bond acceptors (Lipinski definition) is 5.